The zero-order chi connectivity index (χ0) is 21.2. The number of nitriles is 1. The summed E-state index contributed by atoms with van der Waals surface area (Å²) in [4.78, 5) is 28.1. The van der Waals surface area contributed by atoms with Crippen LogP contribution in [0.25, 0.3) is 0 Å². The van der Waals surface area contributed by atoms with Crippen LogP contribution in [0.1, 0.15) is 37.4 Å². The number of carbonyl (C=O) groups excluding carboxylic acids is 2. The van der Waals surface area contributed by atoms with Crippen LogP contribution in [0, 0.1) is 23.7 Å². The molecule has 4 saturated heterocycles. The third kappa shape index (κ3) is 2.50. The fourth-order valence-electron chi connectivity index (χ4n) is 4.51. The first kappa shape index (κ1) is 20.2. The predicted molar refractivity (Wildman–Crippen MR) is 114 cm³/mol. The normalized spacial score (nSPS) is 35.5. The van der Waals surface area contributed by atoms with E-state index in [1.165, 1.54) is 21.6 Å². The molecule has 4 heterocycles. The Morgan fingerprint density at radius 3 is 2.72 bits per heavy atom. The van der Waals surface area contributed by atoms with E-state index in [1.807, 2.05) is 32.0 Å². The lowest BCUT2D eigenvalue weighted by atomic mass is 9.79. The predicted octanol–water partition coefficient (Wildman–Crippen LogP) is 3.64. The van der Waals surface area contributed by atoms with E-state index in [0.717, 1.165) is 11.1 Å². The molecule has 5 rings (SSSR count). The fraction of sp³-hybridized carbons (Fsp3) is 0.476. The largest absolute Gasteiger partial charge is 0.489 e. The van der Waals surface area contributed by atoms with Crippen LogP contribution in [0.4, 0.5) is 0 Å². The maximum atomic E-state index is 13.6. The van der Waals surface area contributed by atoms with Crippen molar-refractivity contribution in [2.24, 2.45) is 5.41 Å². The molecular weight excluding hydrogens is 406 g/mol. The lowest BCUT2D eigenvalue weighted by Gasteiger charge is -2.57. The number of hydrogen-bond acceptors (Lipinski definition) is 6. The summed E-state index contributed by atoms with van der Waals surface area (Å²) < 4.78 is 5.78. The zero-order valence-corrected chi connectivity index (χ0v) is 18.5. The molecule has 29 heavy (non-hydrogen) atoms. The number of rotatable bonds is 4. The number of hydrogen-bond donors (Lipinski definition) is 0. The SMILES string of the molecule is C=CCOc1cc(C2N3C(=O)[C@]4(C)SSC3(C[C@]2(C)C#N)C(=O)N4C)ccc1C. The molecule has 8 heteroatoms. The van der Waals surface area contributed by atoms with Gasteiger partial charge in [-0.2, -0.15) is 5.26 Å². The van der Waals surface area contributed by atoms with Crippen LogP contribution in [0.15, 0.2) is 30.9 Å². The topological polar surface area (TPSA) is 73.6 Å². The highest BCUT2D eigenvalue weighted by atomic mass is 33.1. The monoisotopic (exact) mass is 429 g/mol. The quantitative estimate of drug-likeness (QED) is 0.537. The highest BCUT2D eigenvalue weighted by Crippen LogP contribution is 2.69. The second-order valence-corrected chi connectivity index (χ2v) is 11.0. The van der Waals surface area contributed by atoms with Crippen molar-refractivity contribution >= 4 is 33.4 Å². The van der Waals surface area contributed by atoms with Gasteiger partial charge in [-0.1, -0.05) is 46.4 Å². The first-order chi connectivity index (χ1) is 13.6. The molecule has 0 aliphatic carbocycles. The summed E-state index contributed by atoms with van der Waals surface area (Å²) in [7, 11) is 4.51. The van der Waals surface area contributed by atoms with E-state index in [2.05, 4.69) is 12.6 Å². The summed E-state index contributed by atoms with van der Waals surface area (Å²) in [6, 6.07) is 7.65. The van der Waals surface area contributed by atoms with Crippen LogP contribution in [0.5, 0.6) is 5.75 Å². The number of piperazine rings is 1. The summed E-state index contributed by atoms with van der Waals surface area (Å²) in [5, 5.41) is 10.1. The Kier molecular flexibility index (Phi) is 4.48. The average molecular weight is 430 g/mol. The van der Waals surface area contributed by atoms with E-state index in [4.69, 9.17) is 4.74 Å². The van der Waals surface area contributed by atoms with Crippen LogP contribution >= 0.6 is 21.6 Å². The van der Waals surface area contributed by atoms with E-state index in [-0.39, 0.29) is 11.8 Å². The highest BCUT2D eigenvalue weighted by molar-refractivity contribution is 8.78. The van der Waals surface area contributed by atoms with Gasteiger partial charge in [0.05, 0.1) is 17.5 Å². The van der Waals surface area contributed by atoms with Gasteiger partial charge in [-0.05, 0) is 38.0 Å². The fourth-order valence-corrected chi connectivity index (χ4v) is 8.09. The summed E-state index contributed by atoms with van der Waals surface area (Å²) in [5.41, 5.74) is 0.864. The highest BCUT2D eigenvalue weighted by Gasteiger charge is 2.74. The van der Waals surface area contributed by atoms with Gasteiger partial charge in [0, 0.05) is 13.5 Å². The Bertz CT molecular complexity index is 976. The van der Waals surface area contributed by atoms with E-state index < -0.39 is 21.2 Å². The van der Waals surface area contributed by atoms with Gasteiger partial charge >= 0.3 is 0 Å². The van der Waals surface area contributed by atoms with Crippen LogP contribution in [-0.2, 0) is 9.59 Å². The van der Waals surface area contributed by atoms with Crippen molar-refractivity contribution in [3.05, 3.63) is 42.0 Å². The van der Waals surface area contributed by atoms with Crippen molar-refractivity contribution < 1.29 is 14.3 Å². The zero-order valence-electron chi connectivity index (χ0n) is 16.9. The Morgan fingerprint density at radius 2 is 2.07 bits per heavy atom. The van der Waals surface area contributed by atoms with Crippen LogP contribution in [-0.4, -0.2) is 45.0 Å². The Morgan fingerprint density at radius 1 is 1.34 bits per heavy atom. The molecule has 0 saturated carbocycles. The van der Waals surface area contributed by atoms with Crippen molar-refractivity contribution in [1.82, 2.24) is 9.80 Å². The number of ether oxygens (including phenoxy) is 1. The Labute approximate surface area is 178 Å². The summed E-state index contributed by atoms with van der Waals surface area (Å²) >= 11 is 0. The summed E-state index contributed by atoms with van der Waals surface area (Å²) in [6.45, 7) is 9.62. The minimum atomic E-state index is -1.06. The van der Waals surface area contributed by atoms with Gasteiger partial charge < -0.3 is 14.5 Å². The van der Waals surface area contributed by atoms with Gasteiger partial charge in [0.1, 0.15) is 12.4 Å². The van der Waals surface area contributed by atoms with Gasteiger partial charge in [-0.15, -0.1) is 0 Å². The number of likely N-dealkylation sites (N-methyl/N-ethyl adjacent to an activating group) is 1. The van der Waals surface area contributed by atoms with Crippen LogP contribution in [0.2, 0.25) is 0 Å². The first-order valence-corrected chi connectivity index (χ1v) is 11.5. The van der Waals surface area contributed by atoms with Gasteiger partial charge in [0.25, 0.3) is 11.8 Å². The third-order valence-corrected chi connectivity index (χ3v) is 9.93. The van der Waals surface area contributed by atoms with Gasteiger partial charge in [-0.3, -0.25) is 9.59 Å². The number of carbonyl (C=O) groups is 2. The summed E-state index contributed by atoms with van der Waals surface area (Å²) in [6.07, 6.45) is 1.97. The van der Waals surface area contributed by atoms with E-state index in [0.29, 0.717) is 18.8 Å². The molecular formula is C21H23N3O3S2. The van der Waals surface area contributed by atoms with Gasteiger partial charge in [0.15, 0.2) is 9.74 Å². The molecule has 4 fully saturated rings. The molecule has 1 aromatic carbocycles. The van der Waals surface area contributed by atoms with Crippen molar-refractivity contribution in [3.63, 3.8) is 0 Å². The number of aryl methyl sites for hydroxylation is 1. The minimum absolute atomic E-state index is 0.109. The van der Waals surface area contributed by atoms with Gasteiger partial charge in [0.2, 0.25) is 0 Å². The molecule has 0 N–H and O–H groups in total. The van der Waals surface area contributed by atoms with Crippen LogP contribution in [0.3, 0.4) is 0 Å². The number of benzene rings is 1. The molecule has 4 aliphatic heterocycles. The Hall–Kier alpha value is -2.11. The lowest BCUT2D eigenvalue weighted by Crippen LogP contribution is -2.73. The number of amides is 2. The van der Waals surface area contributed by atoms with Crippen molar-refractivity contribution in [1.29, 1.82) is 5.26 Å². The number of fused-ring (bicyclic) bond motifs is 2. The van der Waals surface area contributed by atoms with Crippen molar-refractivity contribution in [2.45, 2.75) is 43.0 Å². The molecule has 6 nitrogen and oxygen atoms in total. The third-order valence-electron chi connectivity index (χ3n) is 6.23. The molecule has 4 aliphatic rings. The molecule has 4 atom stereocenters. The van der Waals surface area contributed by atoms with E-state index in [9.17, 15) is 14.9 Å². The molecule has 0 aromatic heterocycles. The lowest BCUT2D eigenvalue weighted by molar-refractivity contribution is -0.164. The van der Waals surface area contributed by atoms with Crippen LogP contribution < -0.4 is 4.74 Å². The maximum Gasteiger partial charge on any atom is 0.261 e. The van der Waals surface area contributed by atoms with Crippen molar-refractivity contribution in [2.75, 3.05) is 13.7 Å². The standard InChI is InChI=1S/C21H23N3O3S2/c1-6-9-27-15-10-14(8-7-13(15)2)16-19(3,12-22)11-21-18(26)23(5)20(4,28-29-21)17(25)24(16)21/h6-8,10,16H,1,9,11H2,2-5H3/t16?,19-,20+,21?/m1/s1. The Balaban J connectivity index is 1.88. The van der Waals surface area contributed by atoms with Gasteiger partial charge in [-0.25, -0.2) is 0 Å². The van der Waals surface area contributed by atoms with E-state index in [1.54, 1.807) is 29.8 Å². The minimum Gasteiger partial charge on any atom is -0.489 e. The summed E-state index contributed by atoms with van der Waals surface area (Å²) in [5.74, 6) is 0.457. The smallest absolute Gasteiger partial charge is 0.261 e. The molecule has 0 radical (unpaired) electrons. The molecule has 2 bridgehead atoms. The van der Waals surface area contributed by atoms with E-state index >= 15 is 0 Å². The molecule has 1 spiro atoms. The molecule has 1 aromatic rings. The second kappa shape index (κ2) is 6.44. The van der Waals surface area contributed by atoms with Crippen molar-refractivity contribution in [3.8, 4) is 11.8 Å². The number of nitrogens with zero attached hydrogens (tertiary/aromatic N) is 3. The molecule has 2 unspecified atom stereocenters. The second-order valence-electron chi connectivity index (χ2n) is 8.21. The molecule has 2 amide bonds. The maximum absolute atomic E-state index is 13.6. The molecule has 152 valence electrons. The average Bonchev–Trinajstić information content (AvgIpc) is 2.99. The first-order valence-electron chi connectivity index (χ1n) is 9.39.